The first-order valence-electron chi connectivity index (χ1n) is 5.87. The maximum Gasteiger partial charge on any atom is 0.150 e. The quantitative estimate of drug-likeness (QED) is 0.667. The third-order valence-corrected chi connectivity index (χ3v) is 2.85. The van der Waals surface area contributed by atoms with Crippen molar-refractivity contribution in [2.24, 2.45) is 0 Å². The Hall–Kier alpha value is -1.18. The highest BCUT2D eigenvalue weighted by atomic mass is 19.1. The number of benzene rings is 1. The van der Waals surface area contributed by atoms with E-state index in [9.17, 15) is 9.18 Å². The molecule has 0 aliphatic carbocycles. The smallest absolute Gasteiger partial charge is 0.150 e. The van der Waals surface area contributed by atoms with Gasteiger partial charge in [-0.1, -0.05) is 41.5 Å². The summed E-state index contributed by atoms with van der Waals surface area (Å²) in [7, 11) is 0. The number of carbonyl (C=O) groups is 1. The zero-order valence-electron chi connectivity index (χ0n) is 11.5. The molecule has 0 unspecified atom stereocenters. The van der Waals surface area contributed by atoms with Gasteiger partial charge in [0.05, 0.1) is 0 Å². The molecular formula is C15H21FO. The minimum atomic E-state index is -0.302. The van der Waals surface area contributed by atoms with Crippen LogP contribution in [0.3, 0.4) is 0 Å². The molecule has 94 valence electrons. The number of hydrogen-bond acceptors (Lipinski definition) is 1. The van der Waals surface area contributed by atoms with Crippen LogP contribution >= 0.6 is 0 Å². The second-order valence-corrected chi connectivity index (χ2v) is 6.55. The van der Waals surface area contributed by atoms with Crippen LogP contribution in [-0.4, -0.2) is 6.29 Å². The van der Waals surface area contributed by atoms with Crippen molar-refractivity contribution in [3.8, 4) is 0 Å². The van der Waals surface area contributed by atoms with Crippen LogP contribution in [0.2, 0.25) is 0 Å². The van der Waals surface area contributed by atoms with Crippen LogP contribution in [0.4, 0.5) is 4.39 Å². The van der Waals surface area contributed by atoms with Crippen LogP contribution in [0, 0.1) is 5.82 Å². The van der Waals surface area contributed by atoms with Gasteiger partial charge >= 0.3 is 0 Å². The van der Waals surface area contributed by atoms with E-state index in [1.165, 1.54) is 0 Å². The summed E-state index contributed by atoms with van der Waals surface area (Å²) < 4.78 is 14.5. The summed E-state index contributed by atoms with van der Waals surface area (Å²) in [6, 6.07) is 3.30. The summed E-state index contributed by atoms with van der Waals surface area (Å²) in [6.07, 6.45) is 0.782. The van der Waals surface area contributed by atoms with E-state index in [2.05, 4.69) is 0 Å². The van der Waals surface area contributed by atoms with E-state index in [1.54, 1.807) is 12.1 Å². The van der Waals surface area contributed by atoms with Gasteiger partial charge in [0.15, 0.2) is 0 Å². The predicted octanol–water partition coefficient (Wildman–Crippen LogP) is 4.23. The average Bonchev–Trinajstić information content (AvgIpc) is 2.14. The Labute approximate surface area is 103 Å². The number of aldehydes is 1. The SMILES string of the molecule is CC(C)(C)c1cc(C=O)cc(C(C)(C)C)c1F. The molecule has 1 aromatic rings. The standard InChI is InChI=1S/C15H21FO/c1-14(2,3)11-7-10(9-17)8-12(13(11)16)15(4,5)6/h7-9H,1-6H3. The zero-order valence-corrected chi connectivity index (χ0v) is 11.5. The predicted molar refractivity (Wildman–Crippen MR) is 69.2 cm³/mol. The Morgan fingerprint density at radius 2 is 1.29 bits per heavy atom. The Morgan fingerprint density at radius 3 is 1.53 bits per heavy atom. The van der Waals surface area contributed by atoms with E-state index < -0.39 is 0 Å². The van der Waals surface area contributed by atoms with Gasteiger partial charge in [0.1, 0.15) is 12.1 Å². The van der Waals surface area contributed by atoms with Crippen LogP contribution in [0.25, 0.3) is 0 Å². The highest BCUT2D eigenvalue weighted by Gasteiger charge is 2.26. The number of rotatable bonds is 1. The van der Waals surface area contributed by atoms with Crippen LogP contribution in [0.15, 0.2) is 12.1 Å². The third-order valence-electron chi connectivity index (χ3n) is 2.85. The lowest BCUT2D eigenvalue weighted by Gasteiger charge is -2.26. The topological polar surface area (TPSA) is 17.1 Å². The second-order valence-electron chi connectivity index (χ2n) is 6.55. The first-order chi connectivity index (χ1) is 7.57. The maximum atomic E-state index is 14.5. The van der Waals surface area contributed by atoms with Crippen LogP contribution in [0.5, 0.6) is 0 Å². The van der Waals surface area contributed by atoms with Crippen LogP contribution in [-0.2, 0) is 10.8 Å². The fraction of sp³-hybridized carbons (Fsp3) is 0.533. The lowest BCUT2D eigenvalue weighted by Crippen LogP contribution is -2.21. The van der Waals surface area contributed by atoms with Crippen LogP contribution in [0.1, 0.15) is 63.0 Å². The summed E-state index contributed by atoms with van der Waals surface area (Å²) in [5.74, 6) is -0.185. The summed E-state index contributed by atoms with van der Waals surface area (Å²) in [4.78, 5) is 11.0. The number of carbonyl (C=O) groups excluding carboxylic acids is 1. The molecule has 0 saturated carbocycles. The lowest BCUT2D eigenvalue weighted by molar-refractivity contribution is 0.112. The molecule has 0 bridgehead atoms. The minimum absolute atomic E-state index is 0.185. The molecule has 0 atom stereocenters. The lowest BCUT2D eigenvalue weighted by atomic mass is 9.79. The fourth-order valence-corrected chi connectivity index (χ4v) is 1.81. The maximum absolute atomic E-state index is 14.5. The van der Waals surface area contributed by atoms with Crippen molar-refractivity contribution < 1.29 is 9.18 Å². The highest BCUT2D eigenvalue weighted by Crippen LogP contribution is 2.33. The van der Waals surface area contributed by atoms with E-state index in [4.69, 9.17) is 0 Å². The van der Waals surface area contributed by atoms with Gasteiger partial charge in [-0.3, -0.25) is 4.79 Å². The molecule has 1 aromatic carbocycles. The molecular weight excluding hydrogens is 215 g/mol. The second kappa shape index (κ2) is 4.25. The molecule has 0 saturated heterocycles. The Bertz CT molecular complexity index is 398. The van der Waals surface area contributed by atoms with E-state index in [1.807, 2.05) is 41.5 Å². The monoisotopic (exact) mass is 236 g/mol. The van der Waals surface area contributed by atoms with Gasteiger partial charge in [0.2, 0.25) is 0 Å². The van der Waals surface area contributed by atoms with Gasteiger partial charge in [-0.15, -0.1) is 0 Å². The molecule has 0 aliphatic rings. The van der Waals surface area contributed by atoms with Crippen molar-refractivity contribution in [3.63, 3.8) is 0 Å². The molecule has 0 amide bonds. The number of halogens is 1. The molecule has 1 nitrogen and oxygen atoms in total. The van der Waals surface area contributed by atoms with Crippen molar-refractivity contribution in [1.82, 2.24) is 0 Å². The Kier molecular flexibility index (Phi) is 3.47. The molecule has 1 rings (SSSR count). The summed E-state index contributed by atoms with van der Waals surface area (Å²) >= 11 is 0. The van der Waals surface area contributed by atoms with E-state index in [-0.39, 0.29) is 16.6 Å². The van der Waals surface area contributed by atoms with Gasteiger partial charge in [-0.25, -0.2) is 4.39 Å². The summed E-state index contributed by atoms with van der Waals surface area (Å²) in [5, 5.41) is 0. The molecule has 0 radical (unpaired) electrons. The zero-order chi connectivity index (χ0) is 13.4. The van der Waals surface area contributed by atoms with E-state index >= 15 is 0 Å². The molecule has 0 heterocycles. The third kappa shape index (κ3) is 2.93. The molecule has 0 aromatic heterocycles. The van der Waals surface area contributed by atoms with Gasteiger partial charge in [-0.05, 0) is 34.1 Å². The van der Waals surface area contributed by atoms with Gasteiger partial charge in [-0.2, -0.15) is 0 Å². The highest BCUT2D eigenvalue weighted by molar-refractivity contribution is 5.76. The first-order valence-corrected chi connectivity index (χ1v) is 5.87. The largest absolute Gasteiger partial charge is 0.298 e. The fourth-order valence-electron chi connectivity index (χ4n) is 1.81. The average molecular weight is 236 g/mol. The molecule has 17 heavy (non-hydrogen) atoms. The molecule has 0 aliphatic heterocycles. The van der Waals surface area contributed by atoms with Crippen molar-refractivity contribution in [3.05, 3.63) is 34.6 Å². The van der Waals surface area contributed by atoms with Gasteiger partial charge in [0.25, 0.3) is 0 Å². The molecule has 0 N–H and O–H groups in total. The van der Waals surface area contributed by atoms with Gasteiger partial charge < -0.3 is 0 Å². The van der Waals surface area contributed by atoms with Crippen molar-refractivity contribution in [1.29, 1.82) is 0 Å². The molecule has 0 fully saturated rings. The molecule has 2 heteroatoms. The Morgan fingerprint density at radius 1 is 0.941 bits per heavy atom. The minimum Gasteiger partial charge on any atom is -0.298 e. The summed E-state index contributed by atoms with van der Waals surface area (Å²) in [6.45, 7) is 11.7. The van der Waals surface area contributed by atoms with Gasteiger partial charge in [0, 0.05) is 5.56 Å². The number of hydrogen-bond donors (Lipinski definition) is 0. The summed E-state index contributed by atoms with van der Waals surface area (Å²) in [5.41, 5.74) is 1.15. The van der Waals surface area contributed by atoms with E-state index in [0.717, 1.165) is 6.29 Å². The van der Waals surface area contributed by atoms with Crippen LogP contribution < -0.4 is 0 Å². The van der Waals surface area contributed by atoms with Crippen molar-refractivity contribution in [2.75, 3.05) is 0 Å². The first kappa shape index (κ1) is 13.9. The molecule has 0 spiro atoms. The Balaban J connectivity index is 3.59. The van der Waals surface area contributed by atoms with Crippen molar-refractivity contribution in [2.45, 2.75) is 52.4 Å². The van der Waals surface area contributed by atoms with E-state index in [0.29, 0.717) is 16.7 Å². The van der Waals surface area contributed by atoms with Crippen molar-refractivity contribution >= 4 is 6.29 Å². The normalized spacial score (nSPS) is 12.6.